The van der Waals surface area contributed by atoms with Crippen LogP contribution in [0, 0.1) is 12.7 Å². The van der Waals surface area contributed by atoms with Gasteiger partial charge in [0.15, 0.2) is 0 Å². The van der Waals surface area contributed by atoms with Gasteiger partial charge < -0.3 is 15.8 Å². The minimum atomic E-state index is -0.929. The number of carbonyl (C=O) groups excluding carboxylic acids is 2. The molecular formula is C17H24FN3O3. The van der Waals surface area contributed by atoms with Crippen molar-refractivity contribution in [2.75, 3.05) is 26.8 Å². The van der Waals surface area contributed by atoms with Gasteiger partial charge >= 0.3 is 0 Å². The van der Waals surface area contributed by atoms with Crippen molar-refractivity contribution in [3.05, 3.63) is 35.1 Å². The number of ether oxygens (including phenoxy) is 1. The van der Waals surface area contributed by atoms with E-state index >= 15 is 0 Å². The summed E-state index contributed by atoms with van der Waals surface area (Å²) in [6, 6.07) is 4.85. The van der Waals surface area contributed by atoms with Gasteiger partial charge in [-0.3, -0.25) is 14.5 Å². The molecule has 1 aromatic carbocycles. The van der Waals surface area contributed by atoms with Crippen LogP contribution in [0.15, 0.2) is 18.2 Å². The maximum absolute atomic E-state index is 13.5. The number of carbonyl (C=O) groups is 2. The third-order valence-corrected chi connectivity index (χ3v) is 4.53. The van der Waals surface area contributed by atoms with Gasteiger partial charge in [-0.25, -0.2) is 4.39 Å². The number of primary amides is 1. The third kappa shape index (κ3) is 3.91. The van der Waals surface area contributed by atoms with Crippen LogP contribution >= 0.6 is 0 Å². The van der Waals surface area contributed by atoms with E-state index in [-0.39, 0.29) is 31.4 Å². The highest BCUT2D eigenvalue weighted by Crippen LogP contribution is 2.29. The Morgan fingerprint density at radius 2 is 2.21 bits per heavy atom. The standard InChI is InChI=1S/C17H24FN3O3/c1-12-4-5-13(8-14(12)18)9-20-15(22)10-21-7-3-6-17(21,11-24-2)16(19)23/h4-5,8H,3,6-7,9-11H2,1-2H3,(H2,19,23)(H,20,22). The van der Waals surface area contributed by atoms with Crippen molar-refractivity contribution in [3.63, 3.8) is 0 Å². The fourth-order valence-electron chi connectivity index (χ4n) is 3.09. The molecule has 1 aliphatic heterocycles. The summed E-state index contributed by atoms with van der Waals surface area (Å²) in [7, 11) is 1.51. The van der Waals surface area contributed by atoms with Crippen molar-refractivity contribution in [1.29, 1.82) is 0 Å². The number of nitrogens with two attached hydrogens (primary N) is 1. The highest BCUT2D eigenvalue weighted by atomic mass is 19.1. The number of rotatable bonds is 7. The molecule has 2 amide bonds. The molecule has 7 heteroatoms. The van der Waals surface area contributed by atoms with E-state index in [1.807, 2.05) is 0 Å². The molecule has 0 aromatic heterocycles. The lowest BCUT2D eigenvalue weighted by Gasteiger charge is -2.34. The maximum atomic E-state index is 13.5. The SMILES string of the molecule is COCC1(C(N)=O)CCCN1CC(=O)NCc1ccc(C)c(F)c1. The topological polar surface area (TPSA) is 84.7 Å². The number of halogens is 1. The second kappa shape index (κ2) is 7.72. The number of nitrogens with zero attached hydrogens (tertiary/aromatic N) is 1. The molecule has 1 aliphatic rings. The molecule has 0 aliphatic carbocycles. The van der Waals surface area contributed by atoms with Crippen molar-refractivity contribution in [1.82, 2.24) is 10.2 Å². The smallest absolute Gasteiger partial charge is 0.240 e. The molecule has 1 atom stereocenters. The van der Waals surface area contributed by atoms with Crippen molar-refractivity contribution in [3.8, 4) is 0 Å². The van der Waals surface area contributed by atoms with Gasteiger partial charge in [0.25, 0.3) is 0 Å². The Balaban J connectivity index is 1.95. The molecule has 1 unspecified atom stereocenters. The number of nitrogens with one attached hydrogen (secondary N) is 1. The van der Waals surface area contributed by atoms with Gasteiger partial charge in [0.2, 0.25) is 11.8 Å². The van der Waals surface area contributed by atoms with Gasteiger partial charge in [-0.15, -0.1) is 0 Å². The number of likely N-dealkylation sites (tertiary alicyclic amines) is 1. The molecule has 1 fully saturated rings. The highest BCUT2D eigenvalue weighted by Gasteiger charge is 2.46. The van der Waals surface area contributed by atoms with E-state index in [4.69, 9.17) is 10.5 Å². The van der Waals surface area contributed by atoms with E-state index in [2.05, 4.69) is 5.32 Å². The second-order valence-electron chi connectivity index (χ2n) is 6.21. The summed E-state index contributed by atoms with van der Waals surface area (Å²) < 4.78 is 18.7. The van der Waals surface area contributed by atoms with Crippen LogP contribution in [0.1, 0.15) is 24.0 Å². The summed E-state index contributed by atoms with van der Waals surface area (Å²) in [5, 5.41) is 2.75. The van der Waals surface area contributed by atoms with E-state index in [0.717, 1.165) is 6.42 Å². The lowest BCUT2D eigenvalue weighted by Crippen LogP contribution is -2.58. The molecule has 3 N–H and O–H groups in total. The van der Waals surface area contributed by atoms with Gasteiger partial charge in [-0.05, 0) is 43.5 Å². The van der Waals surface area contributed by atoms with Crippen molar-refractivity contribution < 1.29 is 18.7 Å². The zero-order valence-corrected chi connectivity index (χ0v) is 14.1. The first-order valence-electron chi connectivity index (χ1n) is 7.94. The zero-order chi connectivity index (χ0) is 17.7. The summed E-state index contributed by atoms with van der Waals surface area (Å²) in [6.07, 6.45) is 1.36. The molecule has 1 heterocycles. The van der Waals surface area contributed by atoms with E-state index in [9.17, 15) is 14.0 Å². The summed E-state index contributed by atoms with van der Waals surface area (Å²) in [4.78, 5) is 25.8. The number of methoxy groups -OCH3 is 1. The number of benzene rings is 1. The Hall–Kier alpha value is -1.99. The van der Waals surface area contributed by atoms with E-state index in [0.29, 0.717) is 24.1 Å². The second-order valence-corrected chi connectivity index (χ2v) is 6.21. The van der Waals surface area contributed by atoms with Gasteiger partial charge in [-0.1, -0.05) is 12.1 Å². The first kappa shape index (κ1) is 18.4. The van der Waals surface area contributed by atoms with E-state index < -0.39 is 11.4 Å². The molecule has 24 heavy (non-hydrogen) atoms. The summed E-state index contributed by atoms with van der Waals surface area (Å²) in [5.41, 5.74) is 5.87. The van der Waals surface area contributed by atoms with Crippen LogP contribution in [0.25, 0.3) is 0 Å². The predicted molar refractivity (Wildman–Crippen MR) is 87.6 cm³/mol. The molecule has 0 spiro atoms. The van der Waals surface area contributed by atoms with Gasteiger partial charge in [0.1, 0.15) is 11.4 Å². The molecule has 6 nitrogen and oxygen atoms in total. The van der Waals surface area contributed by atoms with Crippen LogP contribution in [-0.2, 0) is 20.9 Å². The Bertz CT molecular complexity index is 623. The average molecular weight is 337 g/mol. The molecule has 0 saturated carbocycles. The van der Waals surface area contributed by atoms with Crippen LogP contribution in [0.3, 0.4) is 0 Å². The Kier molecular flexibility index (Phi) is 5.90. The molecule has 1 saturated heterocycles. The first-order chi connectivity index (χ1) is 11.4. The van der Waals surface area contributed by atoms with Gasteiger partial charge in [-0.2, -0.15) is 0 Å². The lowest BCUT2D eigenvalue weighted by molar-refractivity contribution is -0.134. The summed E-state index contributed by atoms with van der Waals surface area (Å²) in [5.74, 6) is -1.01. The molecule has 0 radical (unpaired) electrons. The lowest BCUT2D eigenvalue weighted by atomic mass is 9.96. The minimum absolute atomic E-state index is 0.0562. The molecule has 0 bridgehead atoms. The van der Waals surface area contributed by atoms with E-state index in [1.54, 1.807) is 24.0 Å². The molecule has 2 rings (SSSR count). The van der Waals surface area contributed by atoms with Crippen molar-refractivity contribution >= 4 is 11.8 Å². The maximum Gasteiger partial charge on any atom is 0.240 e. The third-order valence-electron chi connectivity index (χ3n) is 4.53. The number of aryl methyl sites for hydroxylation is 1. The molecular weight excluding hydrogens is 313 g/mol. The number of hydrogen-bond acceptors (Lipinski definition) is 4. The fraction of sp³-hybridized carbons (Fsp3) is 0.529. The minimum Gasteiger partial charge on any atom is -0.382 e. The van der Waals surface area contributed by atoms with Crippen LogP contribution < -0.4 is 11.1 Å². The highest BCUT2D eigenvalue weighted by molar-refractivity contribution is 5.86. The Morgan fingerprint density at radius 3 is 2.83 bits per heavy atom. The normalized spacial score (nSPS) is 21.0. The quantitative estimate of drug-likeness (QED) is 0.768. The van der Waals surface area contributed by atoms with Crippen LogP contribution in [-0.4, -0.2) is 49.1 Å². The fourth-order valence-corrected chi connectivity index (χ4v) is 3.09. The monoisotopic (exact) mass is 337 g/mol. The zero-order valence-electron chi connectivity index (χ0n) is 14.1. The van der Waals surface area contributed by atoms with Gasteiger partial charge in [0, 0.05) is 13.7 Å². The molecule has 132 valence electrons. The summed E-state index contributed by atoms with van der Waals surface area (Å²) in [6.45, 7) is 2.75. The predicted octanol–water partition coefficient (Wildman–Crippen LogP) is 0.717. The largest absolute Gasteiger partial charge is 0.382 e. The Labute approximate surface area is 141 Å². The van der Waals surface area contributed by atoms with E-state index in [1.165, 1.54) is 13.2 Å². The van der Waals surface area contributed by atoms with Crippen LogP contribution in [0.4, 0.5) is 4.39 Å². The number of hydrogen-bond donors (Lipinski definition) is 2. The summed E-state index contributed by atoms with van der Waals surface area (Å²) >= 11 is 0. The first-order valence-corrected chi connectivity index (χ1v) is 7.94. The van der Waals surface area contributed by atoms with Crippen LogP contribution in [0.2, 0.25) is 0 Å². The molecule has 1 aromatic rings. The number of amides is 2. The van der Waals surface area contributed by atoms with Crippen molar-refractivity contribution in [2.45, 2.75) is 31.8 Å². The average Bonchev–Trinajstić information content (AvgIpc) is 2.93. The Morgan fingerprint density at radius 1 is 1.46 bits per heavy atom. The van der Waals surface area contributed by atoms with Crippen LogP contribution in [0.5, 0.6) is 0 Å². The van der Waals surface area contributed by atoms with Crippen molar-refractivity contribution in [2.24, 2.45) is 5.73 Å². The van der Waals surface area contributed by atoms with Gasteiger partial charge in [0.05, 0.1) is 13.2 Å².